The first-order chi connectivity index (χ1) is 16.2. The summed E-state index contributed by atoms with van der Waals surface area (Å²) >= 11 is -0.894. The molecule has 0 saturated heterocycles. The van der Waals surface area contributed by atoms with Gasteiger partial charge in [0.1, 0.15) is 0 Å². The van der Waals surface area contributed by atoms with Gasteiger partial charge >= 0.3 is 243 Å². The van der Waals surface area contributed by atoms with E-state index in [-0.39, 0.29) is 32.5 Å². The molecule has 0 fully saturated rings. The Kier molecular flexibility index (Phi) is 9.06. The van der Waals surface area contributed by atoms with Gasteiger partial charge in [0.15, 0.2) is 0 Å². The first-order valence-electron chi connectivity index (χ1n) is 14.3. The summed E-state index contributed by atoms with van der Waals surface area (Å²) in [5.41, 5.74) is 10.0. The molecule has 0 amide bonds. The van der Waals surface area contributed by atoms with Crippen LogP contribution in [0.1, 0.15) is 151 Å². The van der Waals surface area contributed by atoms with E-state index in [0.717, 1.165) is 0 Å². The Morgan fingerprint density at radius 1 is 0.405 bits per heavy atom. The third-order valence-corrected chi connectivity index (χ3v) is 13.3. The molecule has 1 heteroatoms. The second-order valence-electron chi connectivity index (χ2n) is 17.2. The molecule has 2 radical (unpaired) electrons. The van der Waals surface area contributed by atoms with E-state index >= 15 is 0 Å². The van der Waals surface area contributed by atoms with Crippen molar-refractivity contribution >= 4 is 24.7 Å². The van der Waals surface area contributed by atoms with Crippen LogP contribution < -0.4 is 3.58 Å². The molecule has 0 saturated carbocycles. The van der Waals surface area contributed by atoms with Crippen molar-refractivity contribution in [2.45, 2.75) is 155 Å². The molecule has 2 rings (SSSR count). The van der Waals surface area contributed by atoms with Crippen LogP contribution in [0.5, 0.6) is 0 Å². The van der Waals surface area contributed by atoms with Gasteiger partial charge < -0.3 is 0 Å². The van der Waals surface area contributed by atoms with Crippen LogP contribution in [0.2, 0.25) is 4.44 Å². The van der Waals surface area contributed by atoms with Gasteiger partial charge in [-0.05, 0) is 0 Å². The van der Waals surface area contributed by atoms with Crippen LogP contribution in [0.15, 0.2) is 30.3 Å². The Balaban J connectivity index is 2.68. The van der Waals surface area contributed by atoms with Gasteiger partial charge in [0.05, 0.1) is 0 Å². The SMILES string of the molecule is CC(C)(C)c1cc(C(C)(C)C)cc(C(C)(C)[CH2][Sn][c]2c(C(C)(C)C)cc(C(C)(C)C)cc2C(C)(C)C)c1. The minimum absolute atomic E-state index is 0.146. The summed E-state index contributed by atoms with van der Waals surface area (Å²) in [6.45, 7) is 40.7. The minimum atomic E-state index is -0.894. The molecule has 0 aliphatic rings. The first-order valence-corrected chi connectivity index (χ1v) is 17.8. The zero-order valence-corrected chi connectivity index (χ0v) is 30.4. The van der Waals surface area contributed by atoms with Gasteiger partial charge in [-0.25, -0.2) is 0 Å². The van der Waals surface area contributed by atoms with E-state index in [1.807, 2.05) is 0 Å². The Morgan fingerprint density at radius 2 is 0.703 bits per heavy atom. The first kappa shape index (κ1) is 32.5. The topological polar surface area (TPSA) is 0 Å². The second-order valence-corrected chi connectivity index (χ2v) is 20.7. The van der Waals surface area contributed by atoms with Crippen LogP contribution in [0.4, 0.5) is 0 Å². The molecule has 0 unspecified atom stereocenters. The van der Waals surface area contributed by atoms with E-state index in [9.17, 15) is 0 Å². The maximum atomic E-state index is 2.57. The monoisotopic (exact) mass is 610 g/mol. The molecule has 0 aromatic heterocycles. The van der Waals surface area contributed by atoms with E-state index in [4.69, 9.17) is 0 Å². The Morgan fingerprint density at radius 3 is 1.00 bits per heavy atom. The maximum absolute atomic E-state index is 2.57. The van der Waals surface area contributed by atoms with Gasteiger partial charge in [-0.2, -0.15) is 0 Å². The molecule has 2 aromatic carbocycles. The van der Waals surface area contributed by atoms with Crippen LogP contribution in [-0.2, 0) is 32.5 Å². The van der Waals surface area contributed by atoms with Crippen LogP contribution in [-0.4, -0.2) is 21.1 Å². The summed E-state index contributed by atoms with van der Waals surface area (Å²) in [7, 11) is 0. The molecule has 0 atom stereocenters. The molecule has 0 heterocycles. The van der Waals surface area contributed by atoms with Crippen LogP contribution in [0.3, 0.4) is 0 Å². The second kappa shape index (κ2) is 10.3. The van der Waals surface area contributed by atoms with E-state index in [1.165, 1.54) is 26.7 Å². The molecule has 37 heavy (non-hydrogen) atoms. The van der Waals surface area contributed by atoms with Crippen molar-refractivity contribution in [1.29, 1.82) is 0 Å². The number of rotatable bonds is 4. The summed E-state index contributed by atoms with van der Waals surface area (Å²) in [5.74, 6) is 0. The van der Waals surface area contributed by atoms with Gasteiger partial charge in [0.2, 0.25) is 0 Å². The Hall–Kier alpha value is -0.761. The van der Waals surface area contributed by atoms with E-state index in [1.54, 1.807) is 14.7 Å². The normalized spacial score (nSPS) is 14.3. The predicted molar refractivity (Wildman–Crippen MR) is 170 cm³/mol. The van der Waals surface area contributed by atoms with Crippen molar-refractivity contribution in [3.05, 3.63) is 63.7 Å². The van der Waals surface area contributed by atoms with Crippen LogP contribution in [0, 0.1) is 0 Å². The van der Waals surface area contributed by atoms with Gasteiger partial charge in [0, 0.05) is 0 Å². The van der Waals surface area contributed by atoms with Gasteiger partial charge in [-0.3, -0.25) is 0 Å². The fourth-order valence-electron chi connectivity index (χ4n) is 4.74. The zero-order chi connectivity index (χ0) is 29.0. The molecule has 0 aliphatic carbocycles. The van der Waals surface area contributed by atoms with E-state index in [0.29, 0.717) is 0 Å². The van der Waals surface area contributed by atoms with Crippen LogP contribution >= 0.6 is 0 Å². The molecule has 2 aromatic rings. The fraction of sp³-hybridized carbons (Fsp3) is 0.667. The quantitative estimate of drug-likeness (QED) is 0.303. The number of hydrogen-bond acceptors (Lipinski definition) is 0. The van der Waals surface area contributed by atoms with Gasteiger partial charge in [-0.15, -0.1) is 0 Å². The molecule has 0 N–H and O–H groups in total. The fourth-order valence-corrected chi connectivity index (χ4v) is 10.7. The summed E-state index contributed by atoms with van der Waals surface area (Å²) in [4.78, 5) is 0. The Bertz CT molecular complexity index is 1030. The number of benzene rings is 2. The summed E-state index contributed by atoms with van der Waals surface area (Å²) < 4.78 is 3.04. The summed E-state index contributed by atoms with van der Waals surface area (Å²) in [6.07, 6.45) is 0. The summed E-state index contributed by atoms with van der Waals surface area (Å²) in [6, 6.07) is 12.6. The molecular weight excluding hydrogens is 551 g/mol. The molecule has 0 aliphatic heterocycles. The zero-order valence-electron chi connectivity index (χ0n) is 27.6. The standard InChI is InChI=1S/2C18H29.Sn/c2*1-16(2,3)13-10-14(17(4,5)6)12-15(11-13)18(7,8)9;/h10-11H,1-9H3;10-12H,1H2,2-9H3;. The third kappa shape index (κ3) is 8.12. The average molecular weight is 610 g/mol. The average Bonchev–Trinajstić information content (AvgIpc) is 2.68. The summed E-state index contributed by atoms with van der Waals surface area (Å²) in [5, 5.41) is 0. The van der Waals surface area contributed by atoms with E-state index < -0.39 is 21.1 Å². The van der Waals surface area contributed by atoms with Crippen molar-refractivity contribution in [2.24, 2.45) is 0 Å². The molecule has 0 bridgehead atoms. The van der Waals surface area contributed by atoms with Gasteiger partial charge in [0.25, 0.3) is 0 Å². The molecule has 0 nitrogen and oxygen atoms in total. The molecule has 206 valence electrons. The van der Waals surface area contributed by atoms with Crippen molar-refractivity contribution in [2.75, 3.05) is 0 Å². The van der Waals surface area contributed by atoms with Crippen molar-refractivity contribution in [1.82, 2.24) is 0 Å². The number of hydrogen-bond donors (Lipinski definition) is 0. The predicted octanol–water partition coefficient (Wildman–Crippen LogP) is 9.90. The van der Waals surface area contributed by atoms with E-state index in [2.05, 4.69) is 148 Å². The van der Waals surface area contributed by atoms with Crippen molar-refractivity contribution in [3.63, 3.8) is 0 Å². The van der Waals surface area contributed by atoms with Crippen LogP contribution in [0.25, 0.3) is 0 Å². The van der Waals surface area contributed by atoms with Crippen molar-refractivity contribution < 1.29 is 0 Å². The third-order valence-electron chi connectivity index (χ3n) is 7.77. The molecular formula is C36H58Sn. The Labute approximate surface area is 242 Å². The molecule has 0 spiro atoms. The van der Waals surface area contributed by atoms with Gasteiger partial charge in [-0.1, -0.05) is 0 Å². The van der Waals surface area contributed by atoms with Crippen molar-refractivity contribution in [3.8, 4) is 0 Å².